The number of hydrogen-bond acceptors (Lipinski definition) is 3. The Bertz CT molecular complexity index is 836. The summed E-state index contributed by atoms with van der Waals surface area (Å²) in [6.07, 6.45) is 3.28. The summed E-state index contributed by atoms with van der Waals surface area (Å²) in [4.78, 5) is 11.4. The fourth-order valence-corrected chi connectivity index (χ4v) is 2.91. The van der Waals surface area contributed by atoms with Crippen molar-refractivity contribution in [3.8, 4) is 0 Å². The molecule has 4 rings (SSSR count). The molecule has 0 bridgehead atoms. The van der Waals surface area contributed by atoms with E-state index in [0.29, 0.717) is 5.58 Å². The predicted octanol–water partition coefficient (Wildman–Crippen LogP) is 3.34. The zero-order valence-electron chi connectivity index (χ0n) is 10.1. The summed E-state index contributed by atoms with van der Waals surface area (Å²) in [5.74, 6) is 1.10. The molecule has 18 heavy (non-hydrogen) atoms. The Hall–Kier alpha value is -2.03. The van der Waals surface area contributed by atoms with Gasteiger partial charge in [0.05, 0.1) is 0 Å². The molecule has 3 aromatic rings. The normalized spacial score (nSPS) is 14.5. The van der Waals surface area contributed by atoms with Crippen LogP contribution >= 0.6 is 0 Å². The van der Waals surface area contributed by atoms with Crippen LogP contribution < -0.4 is 5.63 Å². The lowest BCUT2D eigenvalue weighted by atomic mass is 10.1. The molecule has 0 aliphatic heterocycles. The summed E-state index contributed by atoms with van der Waals surface area (Å²) in [6, 6.07) is 5.47. The van der Waals surface area contributed by atoms with Crippen molar-refractivity contribution in [2.75, 3.05) is 0 Å². The number of rotatable bonds is 0. The van der Waals surface area contributed by atoms with E-state index in [4.69, 9.17) is 8.83 Å². The van der Waals surface area contributed by atoms with Crippen LogP contribution in [0.5, 0.6) is 0 Å². The lowest BCUT2D eigenvalue weighted by molar-refractivity contribution is 0.548. The van der Waals surface area contributed by atoms with Gasteiger partial charge in [0.25, 0.3) is 0 Å². The van der Waals surface area contributed by atoms with Crippen molar-refractivity contribution in [2.45, 2.75) is 26.2 Å². The van der Waals surface area contributed by atoms with Crippen molar-refractivity contribution in [2.24, 2.45) is 0 Å². The maximum absolute atomic E-state index is 11.4. The monoisotopic (exact) mass is 240 g/mol. The Balaban J connectivity index is 2.19. The van der Waals surface area contributed by atoms with Crippen molar-refractivity contribution in [3.63, 3.8) is 0 Å². The predicted molar refractivity (Wildman–Crippen MR) is 69.0 cm³/mol. The zero-order chi connectivity index (χ0) is 12.3. The fraction of sp³-hybridized carbons (Fsp3) is 0.267. The van der Waals surface area contributed by atoms with Gasteiger partial charge in [-0.1, -0.05) is 0 Å². The van der Waals surface area contributed by atoms with Crippen molar-refractivity contribution >= 4 is 21.9 Å². The molecule has 2 aromatic heterocycles. The molecule has 1 aliphatic rings. The van der Waals surface area contributed by atoms with E-state index in [9.17, 15) is 4.79 Å². The second kappa shape index (κ2) is 3.25. The molecule has 0 amide bonds. The van der Waals surface area contributed by atoms with Gasteiger partial charge >= 0.3 is 5.63 Å². The lowest BCUT2D eigenvalue weighted by Crippen LogP contribution is -1.97. The van der Waals surface area contributed by atoms with E-state index < -0.39 is 0 Å². The molecule has 2 heterocycles. The molecule has 1 aromatic carbocycles. The first kappa shape index (κ1) is 9.95. The number of fused-ring (bicyclic) bond motifs is 4. The molecule has 90 valence electrons. The highest BCUT2D eigenvalue weighted by Crippen LogP contribution is 2.35. The Morgan fingerprint density at radius 1 is 1.00 bits per heavy atom. The Kier molecular flexibility index (Phi) is 1.80. The standard InChI is InChI=1S/C15H12O3/c1-8-5-15(16)18-13-7-14-11(6-10(8)13)9-3-2-4-12(9)17-14/h5-7H,2-4H2,1H3. The minimum Gasteiger partial charge on any atom is -0.461 e. The van der Waals surface area contributed by atoms with E-state index in [0.717, 1.165) is 35.1 Å². The summed E-state index contributed by atoms with van der Waals surface area (Å²) in [7, 11) is 0. The molecular weight excluding hydrogens is 228 g/mol. The maximum Gasteiger partial charge on any atom is 0.336 e. The van der Waals surface area contributed by atoms with Gasteiger partial charge in [0.1, 0.15) is 16.9 Å². The third-order valence-electron chi connectivity index (χ3n) is 3.78. The molecule has 0 N–H and O–H groups in total. The molecule has 3 nitrogen and oxygen atoms in total. The van der Waals surface area contributed by atoms with E-state index >= 15 is 0 Å². The van der Waals surface area contributed by atoms with Gasteiger partial charge in [-0.25, -0.2) is 4.79 Å². The van der Waals surface area contributed by atoms with Crippen LogP contribution in [0.4, 0.5) is 0 Å². The van der Waals surface area contributed by atoms with Crippen LogP contribution in [-0.2, 0) is 12.8 Å². The quantitative estimate of drug-likeness (QED) is 0.566. The highest BCUT2D eigenvalue weighted by Gasteiger charge is 2.20. The lowest BCUT2D eigenvalue weighted by Gasteiger charge is -2.00. The SMILES string of the molecule is Cc1cc(=O)oc2cc3oc4c(c3cc12)CCC4. The van der Waals surface area contributed by atoms with Gasteiger partial charge in [0.15, 0.2) is 0 Å². The molecule has 0 saturated heterocycles. The highest BCUT2D eigenvalue weighted by atomic mass is 16.4. The Morgan fingerprint density at radius 2 is 1.83 bits per heavy atom. The molecule has 0 spiro atoms. The van der Waals surface area contributed by atoms with Gasteiger partial charge in [-0.3, -0.25) is 0 Å². The largest absolute Gasteiger partial charge is 0.461 e. The molecule has 0 radical (unpaired) electrons. The molecule has 0 atom stereocenters. The zero-order valence-corrected chi connectivity index (χ0v) is 10.1. The smallest absolute Gasteiger partial charge is 0.336 e. The Labute approximate surface area is 103 Å². The maximum atomic E-state index is 11.4. The average Bonchev–Trinajstić information content (AvgIpc) is 2.86. The fourth-order valence-electron chi connectivity index (χ4n) is 2.91. The molecule has 0 unspecified atom stereocenters. The van der Waals surface area contributed by atoms with Crippen LogP contribution in [0.15, 0.2) is 31.8 Å². The van der Waals surface area contributed by atoms with Gasteiger partial charge in [0, 0.05) is 34.9 Å². The topological polar surface area (TPSA) is 43.4 Å². The molecule has 1 aliphatic carbocycles. The van der Waals surface area contributed by atoms with Crippen LogP contribution in [-0.4, -0.2) is 0 Å². The summed E-state index contributed by atoms with van der Waals surface area (Å²) in [6.45, 7) is 1.94. The van der Waals surface area contributed by atoms with Gasteiger partial charge in [0.2, 0.25) is 0 Å². The second-order valence-corrected chi connectivity index (χ2v) is 4.95. The summed E-state index contributed by atoms with van der Waals surface area (Å²) < 4.78 is 11.1. The van der Waals surface area contributed by atoms with Crippen molar-refractivity contribution in [1.29, 1.82) is 0 Å². The van der Waals surface area contributed by atoms with Gasteiger partial charge in [-0.2, -0.15) is 0 Å². The minimum absolute atomic E-state index is 0.307. The number of furan rings is 1. The molecule has 3 heteroatoms. The third kappa shape index (κ3) is 1.22. The number of hydrogen-bond donors (Lipinski definition) is 0. The van der Waals surface area contributed by atoms with Crippen LogP contribution in [0.1, 0.15) is 23.3 Å². The summed E-state index contributed by atoms with van der Waals surface area (Å²) in [5, 5.41) is 2.17. The van der Waals surface area contributed by atoms with Gasteiger partial charge < -0.3 is 8.83 Å². The number of aryl methyl sites for hydroxylation is 3. The van der Waals surface area contributed by atoms with Crippen molar-refractivity contribution < 1.29 is 8.83 Å². The average molecular weight is 240 g/mol. The van der Waals surface area contributed by atoms with Gasteiger partial charge in [-0.15, -0.1) is 0 Å². The van der Waals surface area contributed by atoms with Crippen LogP contribution in [0.2, 0.25) is 0 Å². The van der Waals surface area contributed by atoms with Crippen molar-refractivity contribution in [1.82, 2.24) is 0 Å². The van der Waals surface area contributed by atoms with E-state index in [1.165, 1.54) is 23.4 Å². The summed E-state index contributed by atoms with van der Waals surface area (Å²) >= 11 is 0. The van der Waals surface area contributed by atoms with E-state index in [1.54, 1.807) is 0 Å². The van der Waals surface area contributed by atoms with E-state index in [2.05, 4.69) is 6.07 Å². The molecule has 0 fully saturated rings. The summed E-state index contributed by atoms with van der Waals surface area (Å²) in [5.41, 5.74) is 3.42. The minimum atomic E-state index is -0.307. The highest BCUT2D eigenvalue weighted by molar-refractivity contribution is 5.96. The van der Waals surface area contributed by atoms with Gasteiger partial charge in [-0.05, 0) is 31.4 Å². The first-order valence-corrected chi connectivity index (χ1v) is 6.21. The third-order valence-corrected chi connectivity index (χ3v) is 3.78. The van der Waals surface area contributed by atoms with Crippen LogP contribution in [0.25, 0.3) is 21.9 Å². The first-order valence-electron chi connectivity index (χ1n) is 6.21. The second-order valence-electron chi connectivity index (χ2n) is 4.95. The molecular formula is C15H12O3. The van der Waals surface area contributed by atoms with Crippen LogP contribution in [0, 0.1) is 6.92 Å². The van der Waals surface area contributed by atoms with E-state index in [1.807, 2.05) is 13.0 Å². The molecule has 0 saturated carbocycles. The number of benzene rings is 1. The Morgan fingerprint density at radius 3 is 2.72 bits per heavy atom. The van der Waals surface area contributed by atoms with E-state index in [-0.39, 0.29) is 5.63 Å². The van der Waals surface area contributed by atoms with Crippen molar-refractivity contribution in [3.05, 3.63) is 45.5 Å². The van der Waals surface area contributed by atoms with Crippen LogP contribution in [0.3, 0.4) is 0 Å². The first-order chi connectivity index (χ1) is 8.72.